The number of thiazole rings is 1. The quantitative estimate of drug-likeness (QED) is 0.719. The van der Waals surface area contributed by atoms with E-state index >= 15 is 0 Å². The molecule has 0 unspecified atom stereocenters. The highest BCUT2D eigenvalue weighted by molar-refractivity contribution is 7.14. The number of nitrogens with one attached hydrogen (secondary N) is 2. The summed E-state index contributed by atoms with van der Waals surface area (Å²) in [6, 6.07) is 3.86. The lowest BCUT2D eigenvalue weighted by Crippen LogP contribution is -2.14. The highest BCUT2D eigenvalue weighted by Crippen LogP contribution is 2.26. The molecule has 3 heterocycles. The Balaban J connectivity index is 1.53. The molecule has 4 rings (SSSR count). The number of hydrogen-bond acceptors (Lipinski definition) is 5. The van der Waals surface area contributed by atoms with Crippen molar-refractivity contribution in [3.8, 4) is 11.4 Å². The molecular weight excluding hydrogens is 312 g/mol. The summed E-state index contributed by atoms with van der Waals surface area (Å²) in [5.41, 5.74) is 3.10. The summed E-state index contributed by atoms with van der Waals surface area (Å²) < 4.78 is 5.36. The zero-order valence-electron chi connectivity index (χ0n) is 12.5. The van der Waals surface area contributed by atoms with Crippen molar-refractivity contribution in [2.45, 2.75) is 32.1 Å². The predicted octanol–water partition coefficient (Wildman–Crippen LogP) is 3.65. The smallest absolute Gasteiger partial charge is 0.279 e. The van der Waals surface area contributed by atoms with Gasteiger partial charge in [-0.05, 0) is 31.4 Å². The van der Waals surface area contributed by atoms with Gasteiger partial charge in [0.1, 0.15) is 5.76 Å². The number of anilines is 1. The number of H-pyrrole nitrogens is 1. The fourth-order valence-corrected chi connectivity index (χ4v) is 3.55. The maximum atomic E-state index is 12.5. The van der Waals surface area contributed by atoms with Crippen molar-refractivity contribution in [1.82, 2.24) is 15.1 Å². The van der Waals surface area contributed by atoms with Crippen molar-refractivity contribution in [2.24, 2.45) is 0 Å². The Morgan fingerprint density at radius 3 is 3.09 bits per heavy atom. The van der Waals surface area contributed by atoms with Crippen LogP contribution in [0.25, 0.3) is 11.4 Å². The highest BCUT2D eigenvalue weighted by Gasteiger charge is 2.23. The molecule has 23 heavy (non-hydrogen) atoms. The van der Waals surface area contributed by atoms with Gasteiger partial charge >= 0.3 is 0 Å². The minimum absolute atomic E-state index is 0.246. The molecule has 2 N–H and O–H groups in total. The summed E-state index contributed by atoms with van der Waals surface area (Å²) in [6.07, 6.45) is 6.89. The second kappa shape index (κ2) is 6.00. The number of aromatic amines is 1. The van der Waals surface area contributed by atoms with Gasteiger partial charge in [0.25, 0.3) is 5.91 Å². The summed E-state index contributed by atoms with van der Waals surface area (Å²) in [6.45, 7) is 0. The van der Waals surface area contributed by atoms with Crippen LogP contribution >= 0.6 is 11.3 Å². The lowest BCUT2D eigenvalue weighted by Gasteiger charge is -2.01. The van der Waals surface area contributed by atoms with E-state index in [0.717, 1.165) is 54.8 Å². The minimum atomic E-state index is -0.246. The number of aryl methyl sites for hydroxylation is 1. The second-order valence-electron chi connectivity index (χ2n) is 5.57. The fraction of sp³-hybridized carbons (Fsp3) is 0.312. The Morgan fingerprint density at radius 1 is 1.30 bits per heavy atom. The molecule has 1 aliphatic rings. The lowest BCUT2D eigenvalue weighted by atomic mass is 10.1. The van der Waals surface area contributed by atoms with E-state index in [0.29, 0.717) is 10.8 Å². The maximum absolute atomic E-state index is 12.5. The van der Waals surface area contributed by atoms with Crippen LogP contribution in [-0.4, -0.2) is 21.0 Å². The van der Waals surface area contributed by atoms with Gasteiger partial charge in [-0.3, -0.25) is 10.1 Å². The van der Waals surface area contributed by atoms with Gasteiger partial charge in [-0.1, -0.05) is 11.6 Å². The molecule has 6 nitrogen and oxygen atoms in total. The first-order valence-electron chi connectivity index (χ1n) is 7.69. The third-order valence-corrected chi connectivity index (χ3v) is 4.77. The first-order chi connectivity index (χ1) is 11.3. The van der Waals surface area contributed by atoms with Crippen LogP contribution in [0.4, 0.5) is 5.13 Å². The van der Waals surface area contributed by atoms with E-state index in [1.54, 1.807) is 0 Å². The zero-order chi connectivity index (χ0) is 15.6. The van der Waals surface area contributed by atoms with Gasteiger partial charge in [0.05, 0.1) is 11.4 Å². The summed E-state index contributed by atoms with van der Waals surface area (Å²) >= 11 is 1.39. The molecule has 0 bridgehead atoms. The number of hydrogen-bond donors (Lipinski definition) is 2. The lowest BCUT2D eigenvalue weighted by molar-refractivity contribution is 0.101. The molecule has 0 aromatic carbocycles. The number of aromatic nitrogens is 3. The van der Waals surface area contributed by atoms with Crippen LogP contribution in [0.3, 0.4) is 0 Å². The Hall–Kier alpha value is -2.41. The Labute approximate surface area is 136 Å². The van der Waals surface area contributed by atoms with Crippen LogP contribution in [0.1, 0.15) is 41.1 Å². The average Bonchev–Trinajstić information content (AvgIpc) is 3.26. The predicted molar refractivity (Wildman–Crippen MR) is 87.6 cm³/mol. The van der Waals surface area contributed by atoms with E-state index in [9.17, 15) is 4.79 Å². The van der Waals surface area contributed by atoms with Crippen molar-refractivity contribution in [2.75, 3.05) is 5.32 Å². The van der Waals surface area contributed by atoms with Crippen molar-refractivity contribution < 1.29 is 9.32 Å². The first kappa shape index (κ1) is 14.2. The molecule has 1 aliphatic carbocycles. The number of nitrogens with zero attached hydrogens (tertiary/aromatic N) is 2. The van der Waals surface area contributed by atoms with Crippen LogP contribution in [0.5, 0.6) is 0 Å². The topological polar surface area (TPSA) is 83.8 Å². The Kier molecular flexibility index (Phi) is 3.70. The molecule has 0 saturated carbocycles. The van der Waals surface area contributed by atoms with Gasteiger partial charge in [-0.25, -0.2) is 4.98 Å². The van der Waals surface area contributed by atoms with Crippen LogP contribution in [0.2, 0.25) is 0 Å². The van der Waals surface area contributed by atoms with Crippen molar-refractivity contribution in [1.29, 1.82) is 0 Å². The van der Waals surface area contributed by atoms with Gasteiger partial charge in [0.15, 0.2) is 10.8 Å². The monoisotopic (exact) mass is 328 g/mol. The van der Waals surface area contributed by atoms with Crippen LogP contribution in [-0.2, 0) is 12.8 Å². The third-order valence-electron chi connectivity index (χ3n) is 4.01. The SMILES string of the molecule is O=C(Nc1nc(-c2ccc[nH]2)cs1)c1noc2c1CCCCC2. The van der Waals surface area contributed by atoms with Crippen LogP contribution in [0.15, 0.2) is 28.2 Å². The standard InChI is InChI=1S/C16H16N4O2S/c21-15(14-10-5-2-1-3-7-13(10)22-20-14)19-16-18-12(9-23-16)11-6-4-8-17-11/h4,6,8-9,17H,1-3,5,7H2,(H,18,19,21). The molecule has 0 spiro atoms. The molecule has 118 valence electrons. The Morgan fingerprint density at radius 2 is 2.22 bits per heavy atom. The number of carbonyl (C=O) groups is 1. The molecular formula is C16H16N4O2S. The summed E-state index contributed by atoms with van der Waals surface area (Å²) in [4.78, 5) is 20.0. The van der Waals surface area contributed by atoms with Crippen molar-refractivity contribution >= 4 is 22.4 Å². The van der Waals surface area contributed by atoms with E-state index in [4.69, 9.17) is 4.52 Å². The van der Waals surface area contributed by atoms with Crippen LogP contribution in [0, 0.1) is 0 Å². The molecule has 3 aromatic rings. The van der Waals surface area contributed by atoms with Gasteiger partial charge in [-0.15, -0.1) is 11.3 Å². The van der Waals surface area contributed by atoms with Crippen LogP contribution < -0.4 is 5.32 Å². The summed E-state index contributed by atoms with van der Waals surface area (Å²) in [5, 5.41) is 9.27. The normalized spacial score (nSPS) is 14.3. The van der Waals surface area contributed by atoms with Gasteiger partial charge in [0.2, 0.25) is 0 Å². The summed E-state index contributed by atoms with van der Waals surface area (Å²) in [7, 11) is 0. The maximum Gasteiger partial charge on any atom is 0.279 e. The zero-order valence-corrected chi connectivity index (χ0v) is 13.3. The highest BCUT2D eigenvalue weighted by atomic mass is 32.1. The molecule has 1 amide bonds. The van der Waals surface area contributed by atoms with E-state index < -0.39 is 0 Å². The molecule has 0 radical (unpaired) electrons. The van der Waals surface area contributed by atoms with Crippen molar-refractivity contribution in [3.63, 3.8) is 0 Å². The van der Waals surface area contributed by atoms with Gasteiger partial charge in [0, 0.05) is 23.6 Å². The second-order valence-corrected chi connectivity index (χ2v) is 6.43. The van der Waals surface area contributed by atoms with E-state index in [2.05, 4.69) is 20.4 Å². The fourth-order valence-electron chi connectivity index (χ4n) is 2.84. The van der Waals surface area contributed by atoms with E-state index in [1.807, 2.05) is 23.7 Å². The molecule has 7 heteroatoms. The number of carbonyl (C=O) groups excluding carboxylic acids is 1. The van der Waals surface area contributed by atoms with E-state index in [1.165, 1.54) is 11.3 Å². The van der Waals surface area contributed by atoms with Crippen molar-refractivity contribution in [3.05, 3.63) is 40.7 Å². The Bertz CT molecular complexity index is 819. The molecule has 0 saturated heterocycles. The van der Waals surface area contributed by atoms with Gasteiger partial charge < -0.3 is 9.51 Å². The molecule has 0 fully saturated rings. The first-order valence-corrected chi connectivity index (χ1v) is 8.57. The number of fused-ring (bicyclic) bond motifs is 1. The molecule has 0 aliphatic heterocycles. The number of rotatable bonds is 3. The number of amides is 1. The third kappa shape index (κ3) is 2.79. The average molecular weight is 328 g/mol. The minimum Gasteiger partial charge on any atom is -0.360 e. The summed E-state index contributed by atoms with van der Waals surface area (Å²) in [5.74, 6) is 0.614. The molecule has 3 aromatic heterocycles. The largest absolute Gasteiger partial charge is 0.360 e. The van der Waals surface area contributed by atoms with E-state index in [-0.39, 0.29) is 5.91 Å². The van der Waals surface area contributed by atoms with Gasteiger partial charge in [-0.2, -0.15) is 0 Å². The molecule has 0 atom stereocenters.